The first-order valence-electron chi connectivity index (χ1n) is 6.58. The molecule has 2 rings (SSSR count). The minimum atomic E-state index is 0.672. The summed E-state index contributed by atoms with van der Waals surface area (Å²) < 4.78 is 0. The number of hydrogen-bond donors (Lipinski definition) is 1. The van der Waals surface area contributed by atoms with Crippen LogP contribution in [0.3, 0.4) is 0 Å². The van der Waals surface area contributed by atoms with Crippen molar-refractivity contribution < 1.29 is 0 Å². The van der Waals surface area contributed by atoms with Crippen LogP contribution in [0.1, 0.15) is 33.6 Å². The van der Waals surface area contributed by atoms with Crippen molar-refractivity contribution in [3.05, 3.63) is 0 Å². The molecule has 92 valence electrons. The molecule has 3 heteroatoms. The van der Waals surface area contributed by atoms with E-state index in [-0.39, 0.29) is 0 Å². The number of guanidine groups is 1. The van der Waals surface area contributed by atoms with Crippen molar-refractivity contribution in [3.8, 4) is 0 Å². The van der Waals surface area contributed by atoms with Gasteiger partial charge in [0.1, 0.15) is 0 Å². The lowest BCUT2D eigenvalue weighted by molar-refractivity contribution is 0.208. The smallest absolute Gasteiger partial charge is 0.193 e. The zero-order valence-electron chi connectivity index (χ0n) is 11.0. The maximum absolute atomic E-state index is 4.43. The standard InChI is InChI=1S/C13H25N3/c1-9-5-10(2)8-16(7-9)13(14-4)15-12-6-11(12)3/h9-12H,5-8H2,1-4H3,(H,14,15). The molecule has 3 nitrogen and oxygen atoms in total. The first-order valence-corrected chi connectivity index (χ1v) is 6.58. The molecule has 1 N–H and O–H groups in total. The van der Waals surface area contributed by atoms with Gasteiger partial charge in [0, 0.05) is 26.2 Å². The van der Waals surface area contributed by atoms with Gasteiger partial charge in [-0.1, -0.05) is 20.8 Å². The van der Waals surface area contributed by atoms with Crippen molar-refractivity contribution in [1.82, 2.24) is 10.2 Å². The van der Waals surface area contributed by atoms with Crippen molar-refractivity contribution in [2.45, 2.75) is 39.7 Å². The molecule has 16 heavy (non-hydrogen) atoms. The molecule has 0 spiro atoms. The van der Waals surface area contributed by atoms with Crippen LogP contribution in [0.15, 0.2) is 4.99 Å². The van der Waals surface area contributed by atoms with Gasteiger partial charge < -0.3 is 10.2 Å². The lowest BCUT2D eigenvalue weighted by Crippen LogP contribution is -2.49. The van der Waals surface area contributed by atoms with E-state index in [1.807, 2.05) is 7.05 Å². The lowest BCUT2D eigenvalue weighted by Gasteiger charge is -2.37. The molecular weight excluding hydrogens is 198 g/mol. The Balaban J connectivity index is 1.92. The maximum atomic E-state index is 4.43. The molecule has 0 aromatic heterocycles. The third kappa shape index (κ3) is 2.69. The van der Waals surface area contributed by atoms with Crippen LogP contribution in [-0.2, 0) is 0 Å². The molecule has 0 amide bonds. The van der Waals surface area contributed by atoms with Gasteiger partial charge >= 0.3 is 0 Å². The molecule has 0 radical (unpaired) electrons. The summed E-state index contributed by atoms with van der Waals surface area (Å²) in [6.45, 7) is 9.30. The summed E-state index contributed by atoms with van der Waals surface area (Å²) in [4.78, 5) is 6.86. The van der Waals surface area contributed by atoms with Crippen molar-refractivity contribution in [3.63, 3.8) is 0 Å². The molecule has 4 unspecified atom stereocenters. The number of hydrogen-bond acceptors (Lipinski definition) is 1. The zero-order chi connectivity index (χ0) is 11.7. The largest absolute Gasteiger partial charge is 0.353 e. The molecule has 1 saturated carbocycles. The van der Waals surface area contributed by atoms with Crippen LogP contribution in [0.4, 0.5) is 0 Å². The fourth-order valence-electron chi connectivity index (χ4n) is 2.82. The number of nitrogens with zero attached hydrogens (tertiary/aromatic N) is 2. The summed E-state index contributed by atoms with van der Waals surface area (Å²) in [7, 11) is 1.90. The van der Waals surface area contributed by atoms with Gasteiger partial charge in [-0.3, -0.25) is 4.99 Å². The molecule has 1 saturated heterocycles. The van der Waals surface area contributed by atoms with Gasteiger partial charge in [0.25, 0.3) is 0 Å². The molecule has 2 fully saturated rings. The van der Waals surface area contributed by atoms with Crippen LogP contribution in [-0.4, -0.2) is 37.0 Å². The molecule has 0 aromatic rings. The van der Waals surface area contributed by atoms with E-state index < -0.39 is 0 Å². The fraction of sp³-hybridized carbons (Fsp3) is 0.923. The average molecular weight is 223 g/mol. The highest BCUT2D eigenvalue weighted by atomic mass is 15.3. The second kappa shape index (κ2) is 4.64. The molecule has 0 aromatic carbocycles. The molecule has 1 aliphatic carbocycles. The Kier molecular flexibility index (Phi) is 3.41. The van der Waals surface area contributed by atoms with Gasteiger partial charge in [-0.25, -0.2) is 0 Å². The van der Waals surface area contributed by atoms with E-state index in [1.165, 1.54) is 12.8 Å². The van der Waals surface area contributed by atoms with Gasteiger partial charge in [-0.2, -0.15) is 0 Å². The van der Waals surface area contributed by atoms with Gasteiger partial charge in [0.15, 0.2) is 5.96 Å². The Bertz CT molecular complexity index is 264. The topological polar surface area (TPSA) is 27.6 Å². The fourth-order valence-corrected chi connectivity index (χ4v) is 2.82. The van der Waals surface area contributed by atoms with Gasteiger partial charge in [-0.15, -0.1) is 0 Å². The lowest BCUT2D eigenvalue weighted by atomic mass is 9.92. The van der Waals surface area contributed by atoms with Crippen LogP contribution in [0, 0.1) is 17.8 Å². The monoisotopic (exact) mass is 223 g/mol. The summed E-state index contributed by atoms with van der Waals surface area (Å²) in [5, 5.41) is 3.58. The van der Waals surface area contributed by atoms with E-state index in [0.29, 0.717) is 6.04 Å². The maximum Gasteiger partial charge on any atom is 0.193 e. The van der Waals surface area contributed by atoms with E-state index in [4.69, 9.17) is 0 Å². The van der Waals surface area contributed by atoms with Crippen LogP contribution in [0.2, 0.25) is 0 Å². The summed E-state index contributed by atoms with van der Waals surface area (Å²) in [5.41, 5.74) is 0. The van der Waals surface area contributed by atoms with E-state index in [1.54, 1.807) is 0 Å². The Hall–Kier alpha value is -0.730. The van der Waals surface area contributed by atoms with Gasteiger partial charge in [-0.05, 0) is 30.6 Å². The Morgan fingerprint density at radius 1 is 1.12 bits per heavy atom. The summed E-state index contributed by atoms with van der Waals surface area (Å²) in [6.07, 6.45) is 2.66. The van der Waals surface area contributed by atoms with Crippen molar-refractivity contribution in [2.75, 3.05) is 20.1 Å². The molecule has 1 aliphatic heterocycles. The van der Waals surface area contributed by atoms with Crippen LogP contribution in [0.25, 0.3) is 0 Å². The summed E-state index contributed by atoms with van der Waals surface area (Å²) >= 11 is 0. The quantitative estimate of drug-likeness (QED) is 0.543. The Morgan fingerprint density at radius 2 is 1.69 bits per heavy atom. The summed E-state index contributed by atoms with van der Waals surface area (Å²) in [5.74, 6) is 3.53. The highest BCUT2D eigenvalue weighted by Gasteiger charge is 2.35. The minimum Gasteiger partial charge on any atom is -0.353 e. The van der Waals surface area contributed by atoms with Crippen LogP contribution < -0.4 is 5.32 Å². The molecule has 4 atom stereocenters. The van der Waals surface area contributed by atoms with Crippen molar-refractivity contribution >= 4 is 5.96 Å². The van der Waals surface area contributed by atoms with E-state index in [2.05, 4.69) is 36.0 Å². The predicted octanol–water partition coefficient (Wildman–Crippen LogP) is 1.95. The first kappa shape index (κ1) is 11.7. The van der Waals surface area contributed by atoms with E-state index >= 15 is 0 Å². The number of aliphatic imine (C=N–C) groups is 1. The average Bonchev–Trinajstić information content (AvgIpc) is 2.89. The summed E-state index contributed by atoms with van der Waals surface area (Å²) in [6, 6.07) is 0.672. The Morgan fingerprint density at radius 3 is 2.12 bits per heavy atom. The second-order valence-corrected chi connectivity index (χ2v) is 5.86. The predicted molar refractivity (Wildman–Crippen MR) is 68.6 cm³/mol. The van der Waals surface area contributed by atoms with Gasteiger partial charge in [0.2, 0.25) is 0 Å². The van der Waals surface area contributed by atoms with Crippen molar-refractivity contribution in [1.29, 1.82) is 0 Å². The number of likely N-dealkylation sites (tertiary alicyclic amines) is 1. The molecular formula is C13H25N3. The van der Waals surface area contributed by atoms with E-state index in [0.717, 1.165) is 36.8 Å². The SMILES string of the molecule is CN=C(NC1CC1C)N1CC(C)CC(C)C1. The third-order valence-corrected chi connectivity index (χ3v) is 3.80. The number of nitrogens with one attached hydrogen (secondary N) is 1. The number of piperidine rings is 1. The van der Waals surface area contributed by atoms with E-state index in [9.17, 15) is 0 Å². The molecule has 1 heterocycles. The van der Waals surface area contributed by atoms with Crippen LogP contribution in [0.5, 0.6) is 0 Å². The number of rotatable bonds is 1. The minimum absolute atomic E-state index is 0.672. The normalized spacial score (nSPS) is 39.8. The first-order chi connectivity index (χ1) is 7.60. The van der Waals surface area contributed by atoms with Crippen LogP contribution >= 0.6 is 0 Å². The highest BCUT2D eigenvalue weighted by Crippen LogP contribution is 2.29. The Labute approximate surface area is 99.3 Å². The van der Waals surface area contributed by atoms with Gasteiger partial charge in [0.05, 0.1) is 0 Å². The third-order valence-electron chi connectivity index (χ3n) is 3.80. The zero-order valence-corrected chi connectivity index (χ0v) is 11.0. The second-order valence-electron chi connectivity index (χ2n) is 5.86. The molecule has 2 aliphatic rings. The highest BCUT2D eigenvalue weighted by molar-refractivity contribution is 5.80. The molecule has 0 bridgehead atoms. The van der Waals surface area contributed by atoms with Crippen molar-refractivity contribution in [2.24, 2.45) is 22.7 Å².